The third-order valence-corrected chi connectivity index (χ3v) is 1.85. The van der Waals surface area contributed by atoms with Crippen LogP contribution in [-0.4, -0.2) is 43.9 Å². The summed E-state index contributed by atoms with van der Waals surface area (Å²) in [5.41, 5.74) is 0. The summed E-state index contributed by atoms with van der Waals surface area (Å²) in [7, 11) is 1.55. The molecule has 0 saturated heterocycles. The molecule has 2 amide bonds. The summed E-state index contributed by atoms with van der Waals surface area (Å²) >= 11 is 3.97. The van der Waals surface area contributed by atoms with Gasteiger partial charge in [-0.2, -0.15) is 12.6 Å². The first kappa shape index (κ1) is 13.2. The highest BCUT2D eigenvalue weighted by Crippen LogP contribution is 1.88. The van der Waals surface area contributed by atoms with Crippen molar-refractivity contribution < 1.29 is 14.3 Å². The standard InChI is InChI=1S/C8H16N2O3S/c1-6(11)10-7(5-14)8(12)9-3-4-13-2/h7,14H,3-5H2,1-2H3,(H,9,12)(H,10,11). The van der Waals surface area contributed by atoms with Gasteiger partial charge in [0.2, 0.25) is 11.8 Å². The Morgan fingerprint density at radius 3 is 2.57 bits per heavy atom. The zero-order valence-corrected chi connectivity index (χ0v) is 9.27. The van der Waals surface area contributed by atoms with Crippen LogP contribution in [0.25, 0.3) is 0 Å². The van der Waals surface area contributed by atoms with E-state index in [-0.39, 0.29) is 17.6 Å². The molecule has 6 heteroatoms. The molecule has 0 rings (SSSR count). The van der Waals surface area contributed by atoms with Crippen LogP contribution in [0.5, 0.6) is 0 Å². The van der Waals surface area contributed by atoms with E-state index in [4.69, 9.17) is 4.74 Å². The number of hydrogen-bond acceptors (Lipinski definition) is 4. The van der Waals surface area contributed by atoms with Gasteiger partial charge in [-0.1, -0.05) is 0 Å². The van der Waals surface area contributed by atoms with E-state index in [0.717, 1.165) is 0 Å². The van der Waals surface area contributed by atoms with Gasteiger partial charge in [-0.15, -0.1) is 0 Å². The van der Waals surface area contributed by atoms with Crippen LogP contribution < -0.4 is 10.6 Å². The molecule has 0 heterocycles. The van der Waals surface area contributed by atoms with Crippen LogP contribution in [0.15, 0.2) is 0 Å². The maximum atomic E-state index is 11.4. The van der Waals surface area contributed by atoms with Crippen molar-refractivity contribution in [1.82, 2.24) is 10.6 Å². The summed E-state index contributed by atoms with van der Waals surface area (Å²) in [6, 6.07) is -0.576. The van der Waals surface area contributed by atoms with Gasteiger partial charge in [-0.25, -0.2) is 0 Å². The molecule has 0 fully saturated rings. The van der Waals surface area contributed by atoms with Crippen LogP contribution in [0.2, 0.25) is 0 Å². The Morgan fingerprint density at radius 1 is 1.50 bits per heavy atom. The van der Waals surface area contributed by atoms with Gasteiger partial charge in [0.05, 0.1) is 6.61 Å². The monoisotopic (exact) mass is 220 g/mol. The van der Waals surface area contributed by atoms with Crippen molar-refractivity contribution in [3.05, 3.63) is 0 Å². The first-order chi connectivity index (χ1) is 6.61. The fourth-order valence-corrected chi connectivity index (χ4v) is 1.10. The highest BCUT2D eigenvalue weighted by atomic mass is 32.1. The number of ether oxygens (including phenoxy) is 1. The van der Waals surface area contributed by atoms with Crippen LogP contribution in [0, 0.1) is 0 Å². The molecular formula is C8H16N2O3S. The normalized spacial score (nSPS) is 11.9. The third-order valence-electron chi connectivity index (χ3n) is 1.48. The SMILES string of the molecule is COCCNC(=O)C(CS)NC(C)=O. The van der Waals surface area contributed by atoms with Crippen molar-refractivity contribution in [2.75, 3.05) is 26.0 Å². The lowest BCUT2D eigenvalue weighted by molar-refractivity contribution is -0.127. The number of carbonyl (C=O) groups is 2. The average Bonchev–Trinajstić information content (AvgIpc) is 2.14. The highest BCUT2D eigenvalue weighted by Gasteiger charge is 2.16. The van der Waals surface area contributed by atoms with Crippen molar-refractivity contribution >= 4 is 24.4 Å². The van der Waals surface area contributed by atoms with E-state index in [1.165, 1.54) is 6.92 Å². The van der Waals surface area contributed by atoms with Gasteiger partial charge in [0.25, 0.3) is 0 Å². The number of methoxy groups -OCH3 is 1. The predicted octanol–water partition coefficient (Wildman–Crippen LogP) is -0.817. The number of amides is 2. The second-order valence-electron chi connectivity index (χ2n) is 2.72. The summed E-state index contributed by atoms with van der Waals surface area (Å²) < 4.78 is 4.77. The number of nitrogens with one attached hydrogen (secondary N) is 2. The number of thiol groups is 1. The molecule has 0 saturated carbocycles. The van der Waals surface area contributed by atoms with Crippen molar-refractivity contribution in [3.8, 4) is 0 Å². The quantitative estimate of drug-likeness (QED) is 0.405. The maximum absolute atomic E-state index is 11.4. The summed E-state index contributed by atoms with van der Waals surface area (Å²) in [5, 5.41) is 5.10. The molecule has 0 aromatic rings. The maximum Gasteiger partial charge on any atom is 0.243 e. The van der Waals surface area contributed by atoms with Crippen LogP contribution in [0.3, 0.4) is 0 Å². The average molecular weight is 220 g/mol. The second-order valence-corrected chi connectivity index (χ2v) is 3.08. The van der Waals surface area contributed by atoms with Crippen LogP contribution in [-0.2, 0) is 14.3 Å². The highest BCUT2D eigenvalue weighted by molar-refractivity contribution is 7.80. The Bertz CT molecular complexity index is 199. The van der Waals surface area contributed by atoms with E-state index < -0.39 is 6.04 Å². The fraction of sp³-hybridized carbons (Fsp3) is 0.750. The summed E-state index contributed by atoms with van der Waals surface area (Å²) in [4.78, 5) is 22.1. The first-order valence-corrected chi connectivity index (χ1v) is 4.89. The van der Waals surface area contributed by atoms with Crippen molar-refractivity contribution in [1.29, 1.82) is 0 Å². The summed E-state index contributed by atoms with van der Waals surface area (Å²) in [6.07, 6.45) is 0. The molecule has 0 aromatic heterocycles. The molecule has 0 aliphatic rings. The lowest BCUT2D eigenvalue weighted by Crippen LogP contribution is -2.47. The Balaban J connectivity index is 3.85. The predicted molar refractivity (Wildman–Crippen MR) is 56.3 cm³/mol. The van der Waals surface area contributed by atoms with Gasteiger partial charge < -0.3 is 15.4 Å². The zero-order chi connectivity index (χ0) is 11.0. The smallest absolute Gasteiger partial charge is 0.243 e. The molecule has 2 N–H and O–H groups in total. The molecular weight excluding hydrogens is 204 g/mol. The lowest BCUT2D eigenvalue weighted by Gasteiger charge is -2.14. The topological polar surface area (TPSA) is 67.4 Å². The Hall–Kier alpha value is -0.750. The number of rotatable bonds is 6. The van der Waals surface area contributed by atoms with Crippen LogP contribution in [0.4, 0.5) is 0 Å². The van der Waals surface area contributed by atoms with Gasteiger partial charge in [0.15, 0.2) is 0 Å². The molecule has 82 valence electrons. The molecule has 0 spiro atoms. The van der Waals surface area contributed by atoms with E-state index in [0.29, 0.717) is 13.2 Å². The van der Waals surface area contributed by atoms with E-state index in [2.05, 4.69) is 23.3 Å². The fourth-order valence-electron chi connectivity index (χ4n) is 0.839. The molecule has 0 aromatic carbocycles. The van der Waals surface area contributed by atoms with Gasteiger partial charge in [0.1, 0.15) is 6.04 Å². The minimum absolute atomic E-state index is 0.243. The van der Waals surface area contributed by atoms with E-state index in [9.17, 15) is 9.59 Å². The van der Waals surface area contributed by atoms with Gasteiger partial charge in [0, 0.05) is 26.3 Å². The minimum atomic E-state index is -0.576. The molecule has 0 aliphatic heterocycles. The summed E-state index contributed by atoms with van der Waals surface area (Å²) in [5.74, 6) is -0.212. The molecule has 5 nitrogen and oxygen atoms in total. The van der Waals surface area contributed by atoms with Gasteiger partial charge >= 0.3 is 0 Å². The number of carbonyl (C=O) groups excluding carboxylic acids is 2. The van der Waals surface area contributed by atoms with E-state index >= 15 is 0 Å². The van der Waals surface area contributed by atoms with Crippen molar-refractivity contribution in [2.24, 2.45) is 0 Å². The van der Waals surface area contributed by atoms with Gasteiger partial charge in [-0.05, 0) is 0 Å². The van der Waals surface area contributed by atoms with Crippen molar-refractivity contribution in [2.45, 2.75) is 13.0 Å². The molecule has 0 radical (unpaired) electrons. The Kier molecular flexibility index (Phi) is 7.23. The Morgan fingerprint density at radius 2 is 2.14 bits per heavy atom. The molecule has 0 bridgehead atoms. The first-order valence-electron chi connectivity index (χ1n) is 4.26. The van der Waals surface area contributed by atoms with E-state index in [1.807, 2.05) is 0 Å². The molecule has 0 aliphatic carbocycles. The van der Waals surface area contributed by atoms with E-state index in [1.54, 1.807) is 7.11 Å². The molecule has 14 heavy (non-hydrogen) atoms. The lowest BCUT2D eigenvalue weighted by atomic mass is 10.3. The minimum Gasteiger partial charge on any atom is -0.383 e. The van der Waals surface area contributed by atoms with Gasteiger partial charge in [-0.3, -0.25) is 9.59 Å². The van der Waals surface area contributed by atoms with Crippen LogP contribution >= 0.6 is 12.6 Å². The number of hydrogen-bond donors (Lipinski definition) is 3. The van der Waals surface area contributed by atoms with Crippen molar-refractivity contribution in [3.63, 3.8) is 0 Å². The molecule has 1 unspecified atom stereocenters. The van der Waals surface area contributed by atoms with Crippen LogP contribution in [0.1, 0.15) is 6.92 Å². The third kappa shape index (κ3) is 5.82. The second kappa shape index (κ2) is 7.64. The zero-order valence-electron chi connectivity index (χ0n) is 8.37. The largest absolute Gasteiger partial charge is 0.383 e. The molecule has 1 atom stereocenters. The Labute approximate surface area is 89.0 Å². The summed E-state index contributed by atoms with van der Waals surface area (Å²) in [6.45, 7) is 2.24.